The highest BCUT2D eigenvalue weighted by molar-refractivity contribution is 4.88. The summed E-state index contributed by atoms with van der Waals surface area (Å²) in [6.07, 6.45) is -8.47. The van der Waals surface area contributed by atoms with Gasteiger partial charge in [0.1, 0.15) is 6.10 Å². The fraction of sp³-hybridized carbons (Fsp3) is 0.667. The van der Waals surface area contributed by atoms with E-state index in [4.69, 9.17) is 5.11 Å². The molecule has 0 aromatic heterocycles. The Balaban J connectivity index is 4.48. The van der Waals surface area contributed by atoms with E-state index in [1.807, 2.05) is 0 Å². The van der Waals surface area contributed by atoms with Crippen molar-refractivity contribution in [1.82, 2.24) is 0 Å². The van der Waals surface area contributed by atoms with Gasteiger partial charge in [0.25, 0.3) is 0 Å². The SMILES string of the molecule is C=CC[C@@H](O)C(F)(F)C(F)(F)F. The van der Waals surface area contributed by atoms with Gasteiger partial charge in [-0.1, -0.05) is 6.08 Å². The molecule has 0 radical (unpaired) electrons. The number of rotatable bonds is 3. The second-order valence-corrected chi connectivity index (χ2v) is 2.16. The molecule has 0 aromatic rings. The Morgan fingerprint density at radius 2 is 1.67 bits per heavy atom. The van der Waals surface area contributed by atoms with Crippen molar-refractivity contribution >= 4 is 0 Å². The summed E-state index contributed by atoms with van der Waals surface area (Å²) in [6.45, 7) is 2.94. The summed E-state index contributed by atoms with van der Waals surface area (Å²) in [4.78, 5) is 0. The van der Waals surface area contributed by atoms with E-state index in [1.165, 1.54) is 0 Å². The van der Waals surface area contributed by atoms with Crippen LogP contribution in [0.4, 0.5) is 22.0 Å². The van der Waals surface area contributed by atoms with Gasteiger partial charge in [-0.05, 0) is 6.42 Å². The molecule has 0 aliphatic heterocycles. The molecule has 72 valence electrons. The minimum absolute atomic E-state index is 0.796. The standard InChI is InChI=1S/C6H7F5O/c1-2-3-4(12)5(7,8)6(9,10)11/h2,4,12H,1,3H2/t4-/m1/s1. The summed E-state index contributed by atoms with van der Waals surface area (Å²) < 4.78 is 58.6. The number of halogens is 5. The van der Waals surface area contributed by atoms with E-state index in [-0.39, 0.29) is 0 Å². The van der Waals surface area contributed by atoms with Crippen molar-refractivity contribution in [1.29, 1.82) is 0 Å². The van der Waals surface area contributed by atoms with Crippen molar-refractivity contribution in [2.45, 2.75) is 24.6 Å². The predicted molar refractivity (Wildman–Crippen MR) is 31.8 cm³/mol. The van der Waals surface area contributed by atoms with Crippen molar-refractivity contribution in [3.63, 3.8) is 0 Å². The summed E-state index contributed by atoms with van der Waals surface area (Å²) in [6, 6.07) is 0. The van der Waals surface area contributed by atoms with E-state index < -0.39 is 24.6 Å². The van der Waals surface area contributed by atoms with Crippen LogP contribution in [-0.2, 0) is 0 Å². The first-order valence-electron chi connectivity index (χ1n) is 2.97. The van der Waals surface area contributed by atoms with Gasteiger partial charge in [0.2, 0.25) is 0 Å². The molecule has 0 aromatic carbocycles. The third kappa shape index (κ3) is 2.17. The number of aliphatic hydroxyl groups excluding tert-OH is 1. The van der Waals surface area contributed by atoms with Crippen LogP contribution in [0, 0.1) is 0 Å². The third-order valence-corrected chi connectivity index (χ3v) is 1.19. The first-order valence-corrected chi connectivity index (χ1v) is 2.97. The van der Waals surface area contributed by atoms with E-state index in [0.717, 1.165) is 6.08 Å². The quantitative estimate of drug-likeness (QED) is 0.533. The van der Waals surface area contributed by atoms with Gasteiger partial charge in [0.05, 0.1) is 0 Å². The van der Waals surface area contributed by atoms with Crippen LogP contribution >= 0.6 is 0 Å². The van der Waals surface area contributed by atoms with Crippen molar-refractivity contribution in [2.24, 2.45) is 0 Å². The van der Waals surface area contributed by atoms with Crippen LogP contribution in [0.3, 0.4) is 0 Å². The second-order valence-electron chi connectivity index (χ2n) is 2.16. The highest BCUT2D eigenvalue weighted by Crippen LogP contribution is 2.38. The fourth-order valence-corrected chi connectivity index (χ4v) is 0.495. The summed E-state index contributed by atoms with van der Waals surface area (Å²) in [5, 5.41) is 8.37. The third-order valence-electron chi connectivity index (χ3n) is 1.19. The van der Waals surface area contributed by atoms with Crippen LogP contribution in [0.15, 0.2) is 12.7 Å². The Kier molecular flexibility index (Phi) is 3.20. The lowest BCUT2D eigenvalue weighted by Gasteiger charge is -2.23. The maximum Gasteiger partial charge on any atom is 0.456 e. The Labute approximate surface area is 65.5 Å². The number of alkyl halides is 5. The molecule has 0 unspecified atom stereocenters. The van der Waals surface area contributed by atoms with Gasteiger partial charge < -0.3 is 5.11 Å². The zero-order valence-corrected chi connectivity index (χ0v) is 5.91. The zero-order valence-electron chi connectivity index (χ0n) is 5.91. The number of hydrogen-bond acceptors (Lipinski definition) is 1. The van der Waals surface area contributed by atoms with Crippen molar-refractivity contribution in [3.05, 3.63) is 12.7 Å². The monoisotopic (exact) mass is 190 g/mol. The van der Waals surface area contributed by atoms with Crippen LogP contribution in [0.5, 0.6) is 0 Å². The second kappa shape index (κ2) is 3.38. The highest BCUT2D eigenvalue weighted by Gasteiger charge is 2.61. The van der Waals surface area contributed by atoms with Crippen LogP contribution in [0.1, 0.15) is 6.42 Å². The van der Waals surface area contributed by atoms with Crippen molar-refractivity contribution < 1.29 is 27.1 Å². The molecular formula is C6H7F5O. The molecule has 0 aliphatic rings. The van der Waals surface area contributed by atoms with E-state index >= 15 is 0 Å². The fourth-order valence-electron chi connectivity index (χ4n) is 0.495. The summed E-state index contributed by atoms with van der Waals surface area (Å²) in [5.74, 6) is -5.07. The van der Waals surface area contributed by atoms with Gasteiger partial charge >= 0.3 is 12.1 Å². The van der Waals surface area contributed by atoms with Gasteiger partial charge in [-0.15, -0.1) is 6.58 Å². The Morgan fingerprint density at radius 1 is 1.25 bits per heavy atom. The normalized spacial score (nSPS) is 15.8. The molecule has 12 heavy (non-hydrogen) atoms. The summed E-state index contributed by atoms with van der Waals surface area (Å²) >= 11 is 0. The Morgan fingerprint density at radius 3 is 1.92 bits per heavy atom. The Hall–Kier alpha value is -0.650. The predicted octanol–water partition coefficient (Wildman–Crippen LogP) is 2.12. The molecule has 0 fully saturated rings. The highest BCUT2D eigenvalue weighted by atomic mass is 19.4. The van der Waals surface area contributed by atoms with Crippen LogP contribution in [0.25, 0.3) is 0 Å². The summed E-state index contributed by atoms with van der Waals surface area (Å²) in [5.41, 5.74) is 0. The van der Waals surface area contributed by atoms with Crippen LogP contribution in [0.2, 0.25) is 0 Å². The van der Waals surface area contributed by atoms with Crippen molar-refractivity contribution in [3.8, 4) is 0 Å². The molecule has 6 heteroatoms. The topological polar surface area (TPSA) is 20.2 Å². The van der Waals surface area contributed by atoms with Gasteiger partial charge in [0, 0.05) is 0 Å². The summed E-state index contributed by atoms with van der Waals surface area (Å²) in [7, 11) is 0. The molecule has 0 spiro atoms. The minimum atomic E-state index is -5.71. The van der Waals surface area contributed by atoms with Crippen LogP contribution < -0.4 is 0 Å². The van der Waals surface area contributed by atoms with Gasteiger partial charge in [-0.25, -0.2) is 0 Å². The molecule has 1 N–H and O–H groups in total. The minimum Gasteiger partial charge on any atom is -0.386 e. The molecule has 0 amide bonds. The Bertz CT molecular complexity index is 162. The molecule has 1 nitrogen and oxygen atoms in total. The van der Waals surface area contributed by atoms with E-state index in [2.05, 4.69) is 6.58 Å². The van der Waals surface area contributed by atoms with Crippen LogP contribution in [-0.4, -0.2) is 23.3 Å². The van der Waals surface area contributed by atoms with E-state index in [9.17, 15) is 22.0 Å². The molecular weight excluding hydrogens is 183 g/mol. The molecule has 0 saturated carbocycles. The first-order chi connectivity index (χ1) is 5.23. The van der Waals surface area contributed by atoms with E-state index in [1.54, 1.807) is 0 Å². The molecule has 0 rings (SSSR count). The average Bonchev–Trinajstić information content (AvgIpc) is 1.85. The lowest BCUT2D eigenvalue weighted by atomic mass is 10.1. The van der Waals surface area contributed by atoms with Crippen molar-refractivity contribution in [2.75, 3.05) is 0 Å². The lowest BCUT2D eigenvalue weighted by Crippen LogP contribution is -2.46. The van der Waals surface area contributed by atoms with Gasteiger partial charge in [0.15, 0.2) is 0 Å². The molecule has 1 atom stereocenters. The number of hydrogen-bond donors (Lipinski definition) is 1. The number of aliphatic hydroxyl groups is 1. The molecule has 0 heterocycles. The molecule has 0 saturated heterocycles. The largest absolute Gasteiger partial charge is 0.456 e. The van der Waals surface area contributed by atoms with E-state index in [0.29, 0.717) is 0 Å². The average molecular weight is 190 g/mol. The van der Waals surface area contributed by atoms with Gasteiger partial charge in [-0.3, -0.25) is 0 Å². The maximum atomic E-state index is 12.1. The first kappa shape index (κ1) is 11.4. The lowest BCUT2D eigenvalue weighted by molar-refractivity contribution is -0.312. The molecule has 0 bridgehead atoms. The van der Waals surface area contributed by atoms with Gasteiger partial charge in [-0.2, -0.15) is 22.0 Å². The maximum absolute atomic E-state index is 12.1. The smallest absolute Gasteiger partial charge is 0.386 e. The zero-order chi connectivity index (χ0) is 9.99. The molecule has 0 aliphatic carbocycles.